The van der Waals surface area contributed by atoms with Crippen molar-refractivity contribution in [3.63, 3.8) is 0 Å². The summed E-state index contributed by atoms with van der Waals surface area (Å²) in [5, 5.41) is 0.574. The lowest BCUT2D eigenvalue weighted by Gasteiger charge is -2.26. The molecule has 0 aliphatic carbocycles. The summed E-state index contributed by atoms with van der Waals surface area (Å²) in [6, 6.07) is 7.76. The molecule has 1 aliphatic heterocycles. The standard InChI is InChI=1S/C16H23NO2S.ClH/c1-2-18-15-8-6-14(7-9-15)16(20)19-13-12-17-10-4-3-5-11-17;/h6-9H,2-5,10-13H2,1H3;1H. The van der Waals surface area contributed by atoms with E-state index in [2.05, 4.69) is 4.90 Å². The number of rotatable bonds is 6. The van der Waals surface area contributed by atoms with Gasteiger partial charge in [-0.05, 0) is 69.3 Å². The first-order valence-electron chi connectivity index (χ1n) is 7.42. The number of piperidine rings is 1. The quantitative estimate of drug-likeness (QED) is 0.742. The Bertz CT molecular complexity index is 419. The molecule has 21 heavy (non-hydrogen) atoms. The largest absolute Gasteiger partial charge is 0.494 e. The van der Waals surface area contributed by atoms with E-state index in [0.29, 0.717) is 18.3 Å². The lowest BCUT2D eigenvalue weighted by Crippen LogP contribution is -2.33. The maximum Gasteiger partial charge on any atom is 0.191 e. The summed E-state index contributed by atoms with van der Waals surface area (Å²) in [4.78, 5) is 2.45. The minimum atomic E-state index is 0. The number of hydrogen-bond acceptors (Lipinski definition) is 4. The van der Waals surface area contributed by atoms with Crippen LogP contribution in [0.1, 0.15) is 31.7 Å². The monoisotopic (exact) mass is 329 g/mol. The zero-order chi connectivity index (χ0) is 14.2. The predicted molar refractivity (Wildman–Crippen MR) is 92.8 cm³/mol. The Labute approximate surface area is 139 Å². The van der Waals surface area contributed by atoms with Crippen molar-refractivity contribution in [1.82, 2.24) is 4.90 Å². The van der Waals surface area contributed by atoms with Gasteiger partial charge in [-0.2, -0.15) is 0 Å². The molecular formula is C16H24ClNO2S. The summed E-state index contributed by atoms with van der Waals surface area (Å²) < 4.78 is 11.1. The van der Waals surface area contributed by atoms with Crippen LogP contribution in [0.4, 0.5) is 0 Å². The van der Waals surface area contributed by atoms with Gasteiger partial charge >= 0.3 is 0 Å². The average Bonchev–Trinajstić information content (AvgIpc) is 2.49. The van der Waals surface area contributed by atoms with Gasteiger partial charge in [-0.3, -0.25) is 4.90 Å². The third kappa shape index (κ3) is 6.20. The van der Waals surface area contributed by atoms with Gasteiger partial charge in [0.25, 0.3) is 0 Å². The van der Waals surface area contributed by atoms with Crippen molar-refractivity contribution in [3.8, 4) is 5.75 Å². The summed E-state index contributed by atoms with van der Waals surface area (Å²) in [5.41, 5.74) is 0.946. The molecule has 1 heterocycles. The zero-order valence-corrected chi connectivity index (χ0v) is 14.2. The number of likely N-dealkylation sites (tertiary alicyclic amines) is 1. The van der Waals surface area contributed by atoms with E-state index in [1.807, 2.05) is 31.2 Å². The van der Waals surface area contributed by atoms with E-state index < -0.39 is 0 Å². The van der Waals surface area contributed by atoms with Crippen molar-refractivity contribution in [1.29, 1.82) is 0 Å². The molecule has 3 nitrogen and oxygen atoms in total. The third-order valence-corrected chi connectivity index (χ3v) is 3.84. The summed E-state index contributed by atoms with van der Waals surface area (Å²) in [6.45, 7) is 6.68. The van der Waals surface area contributed by atoms with Crippen LogP contribution in [0.3, 0.4) is 0 Å². The van der Waals surface area contributed by atoms with E-state index in [-0.39, 0.29) is 12.4 Å². The van der Waals surface area contributed by atoms with E-state index >= 15 is 0 Å². The molecule has 5 heteroatoms. The highest BCUT2D eigenvalue weighted by atomic mass is 35.5. The number of thiocarbonyl (C=S) groups is 1. The van der Waals surface area contributed by atoms with Gasteiger partial charge in [0.1, 0.15) is 12.4 Å². The van der Waals surface area contributed by atoms with Crippen molar-refractivity contribution in [2.24, 2.45) is 0 Å². The topological polar surface area (TPSA) is 21.7 Å². The lowest BCUT2D eigenvalue weighted by molar-refractivity contribution is 0.181. The molecule has 0 bridgehead atoms. The van der Waals surface area contributed by atoms with Crippen LogP contribution in [-0.4, -0.2) is 42.8 Å². The van der Waals surface area contributed by atoms with Gasteiger partial charge in [-0.25, -0.2) is 0 Å². The Morgan fingerprint density at radius 3 is 2.43 bits per heavy atom. The molecular weight excluding hydrogens is 306 g/mol. The second-order valence-electron chi connectivity index (χ2n) is 5.00. The van der Waals surface area contributed by atoms with E-state index in [1.54, 1.807) is 0 Å². The maximum absolute atomic E-state index is 5.68. The number of benzene rings is 1. The highest BCUT2D eigenvalue weighted by molar-refractivity contribution is 7.80. The molecule has 0 unspecified atom stereocenters. The molecule has 0 aromatic heterocycles. The Balaban J connectivity index is 0.00000220. The summed E-state index contributed by atoms with van der Waals surface area (Å²) in [5.74, 6) is 0.868. The number of halogens is 1. The zero-order valence-electron chi connectivity index (χ0n) is 12.5. The molecule has 118 valence electrons. The van der Waals surface area contributed by atoms with Gasteiger partial charge in [0.2, 0.25) is 0 Å². The highest BCUT2D eigenvalue weighted by Crippen LogP contribution is 2.13. The minimum absolute atomic E-state index is 0. The van der Waals surface area contributed by atoms with Gasteiger partial charge < -0.3 is 9.47 Å². The Hall–Kier alpha value is -0.840. The van der Waals surface area contributed by atoms with E-state index in [1.165, 1.54) is 32.4 Å². The Morgan fingerprint density at radius 1 is 1.14 bits per heavy atom. The van der Waals surface area contributed by atoms with Gasteiger partial charge in [0.05, 0.1) is 6.61 Å². The molecule has 1 fully saturated rings. The van der Waals surface area contributed by atoms with Crippen LogP contribution in [0.2, 0.25) is 0 Å². The Morgan fingerprint density at radius 2 is 1.81 bits per heavy atom. The lowest BCUT2D eigenvalue weighted by atomic mass is 10.1. The maximum atomic E-state index is 5.68. The first kappa shape index (κ1) is 18.2. The van der Waals surface area contributed by atoms with Crippen molar-refractivity contribution in [2.75, 3.05) is 32.8 Å². The molecule has 1 aliphatic rings. The minimum Gasteiger partial charge on any atom is -0.494 e. The SMILES string of the molecule is CCOc1ccc(C(=S)OCCN2CCCCC2)cc1.Cl. The molecule has 1 saturated heterocycles. The van der Waals surface area contributed by atoms with Crippen molar-refractivity contribution < 1.29 is 9.47 Å². The van der Waals surface area contributed by atoms with Crippen molar-refractivity contribution in [2.45, 2.75) is 26.2 Å². The second-order valence-corrected chi connectivity index (χ2v) is 5.37. The van der Waals surface area contributed by atoms with Crippen LogP contribution in [0.25, 0.3) is 0 Å². The molecule has 0 radical (unpaired) electrons. The van der Waals surface area contributed by atoms with Crippen LogP contribution in [0.5, 0.6) is 5.75 Å². The van der Waals surface area contributed by atoms with Crippen molar-refractivity contribution >= 4 is 29.7 Å². The van der Waals surface area contributed by atoms with Gasteiger partial charge in [-0.1, -0.05) is 6.42 Å². The van der Waals surface area contributed by atoms with Crippen molar-refractivity contribution in [3.05, 3.63) is 29.8 Å². The fourth-order valence-corrected chi connectivity index (χ4v) is 2.61. The summed E-state index contributed by atoms with van der Waals surface area (Å²) in [6.07, 6.45) is 3.98. The van der Waals surface area contributed by atoms with Crippen LogP contribution in [0.15, 0.2) is 24.3 Å². The van der Waals surface area contributed by atoms with E-state index in [0.717, 1.165) is 17.9 Å². The molecule has 0 amide bonds. The number of nitrogens with zero attached hydrogens (tertiary/aromatic N) is 1. The fourth-order valence-electron chi connectivity index (χ4n) is 2.39. The molecule has 1 aromatic carbocycles. The molecule has 2 rings (SSSR count). The van der Waals surface area contributed by atoms with E-state index in [9.17, 15) is 0 Å². The highest BCUT2D eigenvalue weighted by Gasteiger charge is 2.10. The first-order chi connectivity index (χ1) is 9.79. The van der Waals surface area contributed by atoms with Gasteiger partial charge in [-0.15, -0.1) is 12.4 Å². The molecule has 0 N–H and O–H groups in total. The van der Waals surface area contributed by atoms with Gasteiger partial charge in [0, 0.05) is 12.1 Å². The molecule has 0 spiro atoms. The normalized spacial score (nSPS) is 15.1. The molecule has 0 atom stereocenters. The van der Waals surface area contributed by atoms with Crippen LogP contribution in [-0.2, 0) is 4.74 Å². The van der Waals surface area contributed by atoms with Crippen LogP contribution >= 0.6 is 24.6 Å². The fraction of sp³-hybridized carbons (Fsp3) is 0.562. The van der Waals surface area contributed by atoms with Crippen LogP contribution in [0, 0.1) is 0 Å². The third-order valence-electron chi connectivity index (χ3n) is 3.49. The average molecular weight is 330 g/mol. The van der Waals surface area contributed by atoms with Gasteiger partial charge in [0.15, 0.2) is 5.05 Å². The Kier molecular flexibility index (Phi) is 8.66. The summed E-state index contributed by atoms with van der Waals surface area (Å²) in [7, 11) is 0. The van der Waals surface area contributed by atoms with Crippen LogP contribution < -0.4 is 4.74 Å². The molecule has 1 aromatic rings. The number of hydrogen-bond donors (Lipinski definition) is 0. The second kappa shape index (κ2) is 9.98. The number of ether oxygens (including phenoxy) is 2. The smallest absolute Gasteiger partial charge is 0.191 e. The summed E-state index contributed by atoms with van der Waals surface area (Å²) >= 11 is 5.31. The molecule has 0 saturated carbocycles. The van der Waals surface area contributed by atoms with E-state index in [4.69, 9.17) is 21.7 Å². The first-order valence-corrected chi connectivity index (χ1v) is 7.83. The predicted octanol–water partition coefficient (Wildman–Crippen LogP) is 3.69.